The summed E-state index contributed by atoms with van der Waals surface area (Å²) in [7, 11) is 0.880. The van der Waals surface area contributed by atoms with E-state index in [9.17, 15) is 0 Å². The highest BCUT2D eigenvalue weighted by molar-refractivity contribution is 8.27. The van der Waals surface area contributed by atoms with Crippen LogP contribution in [0.5, 0.6) is 0 Å². The molecule has 0 radical (unpaired) electrons. The van der Waals surface area contributed by atoms with Gasteiger partial charge in [-0.2, -0.15) is 0 Å². The second kappa shape index (κ2) is 2.99. The monoisotopic (exact) mass is 158 g/mol. The molecule has 0 heterocycles. The van der Waals surface area contributed by atoms with Crippen LogP contribution in [-0.2, 0) is 14.6 Å². The minimum atomic E-state index is -2.97. The summed E-state index contributed by atoms with van der Waals surface area (Å²) in [5.41, 5.74) is 0. The van der Waals surface area contributed by atoms with Gasteiger partial charge in [-0.05, 0) is 12.5 Å². The fraction of sp³-hybridized carbons (Fsp3) is 1.00. The largest absolute Gasteiger partial charge is 0.328 e. The van der Waals surface area contributed by atoms with Crippen LogP contribution in [0, 0.1) is 0 Å². The van der Waals surface area contributed by atoms with Gasteiger partial charge in [-0.3, -0.25) is 0 Å². The van der Waals surface area contributed by atoms with Gasteiger partial charge in [-0.25, -0.2) is 0 Å². The third-order valence-electron chi connectivity index (χ3n) is 0.714. The minimum Gasteiger partial charge on any atom is -0.328 e. The number of hydrogen-bond acceptors (Lipinski definition) is 1. The maximum atomic E-state index is 8.86. The van der Waals surface area contributed by atoms with Crippen LogP contribution < -0.4 is 0 Å². The quantitative estimate of drug-likeness (QED) is 0.535. The molecule has 0 fully saturated rings. The molecule has 0 spiro atoms. The Labute approximate surface area is 51.5 Å². The number of hydrogen-bond donors (Lipinski definition) is 2. The fourth-order valence-electron chi connectivity index (χ4n) is 0.149. The molecule has 5 heteroatoms. The van der Waals surface area contributed by atoms with Crippen LogP contribution >= 0.6 is 6.72 Å². The molecule has 52 valence electrons. The topological polar surface area (TPSA) is 49.7 Å². The first-order chi connectivity index (χ1) is 3.50. The van der Waals surface area contributed by atoms with E-state index in [1.165, 1.54) is 7.11 Å². The van der Waals surface area contributed by atoms with E-state index in [2.05, 4.69) is 4.52 Å². The van der Waals surface area contributed by atoms with Crippen LogP contribution in [0.25, 0.3) is 0 Å². The molecule has 0 bridgehead atoms. The summed E-state index contributed by atoms with van der Waals surface area (Å²) in [5, 5.41) is 0. The summed E-state index contributed by atoms with van der Waals surface area (Å²) < 4.78 is 4.43. The van der Waals surface area contributed by atoms with Gasteiger partial charge in [0.1, 0.15) is 0 Å². The first-order valence-corrected chi connectivity index (χ1v) is 6.25. The van der Waals surface area contributed by atoms with Gasteiger partial charge in [0.2, 0.25) is 0 Å². The molecule has 0 amide bonds. The average Bonchev–Trinajstić information content (AvgIpc) is 1.67. The highest BCUT2D eigenvalue weighted by Crippen LogP contribution is 2.40. The lowest BCUT2D eigenvalue weighted by molar-refractivity contribution is 0.306. The van der Waals surface area contributed by atoms with E-state index in [1.807, 2.05) is 0 Å². The van der Waals surface area contributed by atoms with Gasteiger partial charge in [0, 0.05) is 7.11 Å². The van der Waals surface area contributed by atoms with Crippen molar-refractivity contribution in [1.82, 2.24) is 0 Å². The van der Waals surface area contributed by atoms with Crippen molar-refractivity contribution in [3.05, 3.63) is 0 Å². The van der Waals surface area contributed by atoms with Gasteiger partial charge in [0.25, 0.3) is 6.72 Å². The zero-order chi connectivity index (χ0) is 6.78. The van der Waals surface area contributed by atoms with Crippen LogP contribution in [0.2, 0.25) is 0 Å². The Morgan fingerprint density at radius 1 is 1.38 bits per heavy atom. The van der Waals surface area contributed by atoms with E-state index in [4.69, 9.17) is 9.79 Å². The Morgan fingerprint density at radius 3 is 1.75 bits per heavy atom. The fourth-order valence-corrected chi connectivity index (χ4v) is 1.34. The van der Waals surface area contributed by atoms with Crippen molar-refractivity contribution in [3.8, 4) is 0 Å². The van der Waals surface area contributed by atoms with Crippen LogP contribution in [0.4, 0.5) is 0 Å². The van der Waals surface area contributed by atoms with Crippen LogP contribution in [0.15, 0.2) is 0 Å². The highest BCUT2D eigenvalue weighted by Gasteiger charge is 2.06. The Morgan fingerprint density at radius 2 is 1.75 bits per heavy atom. The number of rotatable bonds is 1. The van der Waals surface area contributed by atoms with Crippen LogP contribution in [0.1, 0.15) is 0 Å². The smallest absolute Gasteiger partial charge is 0.278 e. The van der Waals surface area contributed by atoms with Gasteiger partial charge < -0.3 is 14.3 Å². The third kappa shape index (κ3) is 2.29. The van der Waals surface area contributed by atoms with Crippen LogP contribution in [0.3, 0.4) is 0 Å². The molecule has 0 rings (SSSR count). The minimum absolute atomic E-state index is 0.426. The Bertz CT molecular complexity index is 122. The van der Waals surface area contributed by atoms with Crippen molar-refractivity contribution in [1.29, 1.82) is 0 Å². The van der Waals surface area contributed by atoms with Crippen molar-refractivity contribution in [2.24, 2.45) is 0 Å². The molecule has 8 heavy (non-hydrogen) atoms. The molecule has 0 aromatic heterocycles. The molecule has 0 saturated heterocycles. The van der Waals surface area contributed by atoms with E-state index in [0.717, 1.165) is 0 Å². The summed E-state index contributed by atoms with van der Waals surface area (Å²) in [4.78, 5) is 17.7. The van der Waals surface area contributed by atoms with E-state index >= 15 is 0 Å². The summed E-state index contributed by atoms with van der Waals surface area (Å²) in [6.07, 6.45) is 3.47. The maximum Gasteiger partial charge on any atom is 0.278 e. The predicted molar refractivity (Wildman–Crippen MR) is 37.6 cm³/mol. The Hall–Kier alpha value is 0.660. The van der Waals surface area contributed by atoms with Gasteiger partial charge in [-0.15, -0.1) is 10.1 Å². The van der Waals surface area contributed by atoms with Crippen LogP contribution in [-0.4, -0.2) is 29.4 Å². The Kier molecular flexibility index (Phi) is 3.24. The normalized spacial score (nSPS) is 12.8. The lowest BCUT2D eigenvalue weighted by Gasteiger charge is -2.10. The first-order valence-electron chi connectivity index (χ1n) is 1.99. The standard InChI is InChI=1S/C3H11O3PS/c1-6-7(4,5)8(2)3/h4-5H,1-3H3. The molecule has 0 saturated carbocycles. The molecular formula is C3H11O3PS. The van der Waals surface area contributed by atoms with Crippen molar-refractivity contribution < 1.29 is 14.3 Å². The van der Waals surface area contributed by atoms with E-state index in [-0.39, 0.29) is 0 Å². The van der Waals surface area contributed by atoms with Gasteiger partial charge in [0.05, 0.1) is 0 Å². The second-order valence-corrected chi connectivity index (χ2v) is 7.96. The van der Waals surface area contributed by atoms with E-state index < -0.39 is 16.8 Å². The first kappa shape index (κ1) is 8.66. The maximum absolute atomic E-state index is 8.86. The highest BCUT2D eigenvalue weighted by atomic mass is 32.5. The molecule has 2 N–H and O–H groups in total. The van der Waals surface area contributed by atoms with Crippen molar-refractivity contribution >= 4 is 16.8 Å². The molecule has 0 unspecified atom stereocenters. The zero-order valence-corrected chi connectivity index (χ0v) is 6.87. The van der Waals surface area contributed by atoms with Crippen molar-refractivity contribution in [2.45, 2.75) is 0 Å². The molecule has 0 aliphatic rings. The molecular weight excluding hydrogens is 147 g/mol. The molecule has 3 nitrogen and oxygen atoms in total. The van der Waals surface area contributed by atoms with Crippen molar-refractivity contribution in [3.63, 3.8) is 0 Å². The molecule has 0 aliphatic carbocycles. The van der Waals surface area contributed by atoms with Gasteiger partial charge in [-0.1, -0.05) is 0 Å². The summed E-state index contributed by atoms with van der Waals surface area (Å²) in [6, 6.07) is 0. The average molecular weight is 158 g/mol. The van der Waals surface area contributed by atoms with Gasteiger partial charge in [0.15, 0.2) is 0 Å². The van der Waals surface area contributed by atoms with Crippen molar-refractivity contribution in [2.75, 3.05) is 19.6 Å². The summed E-state index contributed by atoms with van der Waals surface area (Å²) >= 11 is 0. The molecule has 0 aromatic carbocycles. The lowest BCUT2D eigenvalue weighted by Crippen LogP contribution is -1.89. The molecule has 0 aliphatic heterocycles. The Balaban J connectivity index is 4.33. The predicted octanol–water partition coefficient (Wildman–Crippen LogP) is 0.173. The summed E-state index contributed by atoms with van der Waals surface area (Å²) in [5.74, 6) is 0. The van der Waals surface area contributed by atoms with E-state index in [1.54, 1.807) is 12.5 Å². The third-order valence-corrected chi connectivity index (χ3v) is 5.44. The SMILES string of the molecule is COP(O)(O)=S(C)C. The van der Waals surface area contributed by atoms with E-state index in [0.29, 0.717) is 0 Å². The molecule has 0 atom stereocenters. The van der Waals surface area contributed by atoms with Gasteiger partial charge >= 0.3 is 0 Å². The zero-order valence-electron chi connectivity index (χ0n) is 5.16. The second-order valence-electron chi connectivity index (χ2n) is 1.45. The summed E-state index contributed by atoms with van der Waals surface area (Å²) in [6.45, 7) is -2.97. The molecule has 0 aromatic rings. The lowest BCUT2D eigenvalue weighted by atomic mass is 11.8.